The highest BCUT2D eigenvalue weighted by Crippen LogP contribution is 2.24. The summed E-state index contributed by atoms with van der Waals surface area (Å²) in [7, 11) is -0.591. The number of para-hydroxylation sites is 2. The Morgan fingerprint density at radius 2 is 1.72 bits per heavy atom. The number of nitrogens with zero attached hydrogens (tertiary/aromatic N) is 1. The summed E-state index contributed by atoms with van der Waals surface area (Å²) in [6.45, 7) is 2.56. The maximum absolute atomic E-state index is 12.4. The van der Waals surface area contributed by atoms with Crippen molar-refractivity contribution < 1.29 is 17.9 Å². The van der Waals surface area contributed by atoms with Gasteiger partial charge in [0.2, 0.25) is 10.0 Å². The van der Waals surface area contributed by atoms with Gasteiger partial charge in [0.1, 0.15) is 5.75 Å². The first-order valence-electron chi connectivity index (χ1n) is 7.92. The summed E-state index contributed by atoms with van der Waals surface area (Å²) in [6.07, 6.45) is 0.865. The average Bonchev–Trinajstić information content (AvgIpc) is 2.61. The van der Waals surface area contributed by atoms with Crippen LogP contribution in [0.2, 0.25) is 0 Å². The number of nitrogens with one attached hydrogen (secondary N) is 1. The second kappa shape index (κ2) is 8.13. The topological polar surface area (TPSA) is 75.7 Å². The molecule has 1 amide bonds. The maximum atomic E-state index is 12.4. The standard InChI is InChI=1S/C18H22N2O4S/c1-4-13-24-17-8-6-5-7-16(17)19-18(21)14-9-11-15(12-10-14)25(22,23)20(2)3/h5-12H,4,13H2,1-3H3,(H,19,21). The number of hydrogen-bond acceptors (Lipinski definition) is 4. The molecule has 0 aliphatic heterocycles. The fourth-order valence-electron chi connectivity index (χ4n) is 2.09. The van der Waals surface area contributed by atoms with Crippen LogP contribution in [0.4, 0.5) is 5.69 Å². The monoisotopic (exact) mass is 362 g/mol. The van der Waals surface area contributed by atoms with E-state index in [1.807, 2.05) is 13.0 Å². The molecule has 134 valence electrons. The van der Waals surface area contributed by atoms with Crippen LogP contribution in [-0.2, 0) is 10.0 Å². The lowest BCUT2D eigenvalue weighted by Gasteiger charge is -2.13. The minimum Gasteiger partial charge on any atom is -0.491 e. The van der Waals surface area contributed by atoms with Crippen molar-refractivity contribution in [3.05, 3.63) is 54.1 Å². The van der Waals surface area contributed by atoms with Crippen LogP contribution < -0.4 is 10.1 Å². The van der Waals surface area contributed by atoms with Gasteiger partial charge in [0.25, 0.3) is 5.91 Å². The van der Waals surface area contributed by atoms with E-state index >= 15 is 0 Å². The van der Waals surface area contributed by atoms with Crippen LogP contribution in [0, 0.1) is 0 Å². The fraction of sp³-hybridized carbons (Fsp3) is 0.278. The smallest absolute Gasteiger partial charge is 0.255 e. The first-order chi connectivity index (χ1) is 11.9. The summed E-state index contributed by atoms with van der Waals surface area (Å²) in [5.74, 6) is 0.269. The number of rotatable bonds is 7. The molecule has 2 aromatic carbocycles. The number of ether oxygens (including phenoxy) is 1. The fourth-order valence-corrected chi connectivity index (χ4v) is 2.99. The molecule has 6 nitrogen and oxygen atoms in total. The van der Waals surface area contributed by atoms with Crippen molar-refractivity contribution in [2.75, 3.05) is 26.0 Å². The van der Waals surface area contributed by atoms with Crippen molar-refractivity contribution in [1.29, 1.82) is 0 Å². The molecule has 2 aromatic rings. The number of carbonyl (C=O) groups is 1. The highest BCUT2D eigenvalue weighted by molar-refractivity contribution is 7.89. The van der Waals surface area contributed by atoms with Crippen molar-refractivity contribution >= 4 is 21.6 Å². The average molecular weight is 362 g/mol. The summed E-state index contributed by atoms with van der Waals surface area (Å²) in [4.78, 5) is 12.5. The van der Waals surface area contributed by atoms with Crippen LogP contribution in [0.15, 0.2) is 53.4 Å². The van der Waals surface area contributed by atoms with Crippen LogP contribution >= 0.6 is 0 Å². The minimum absolute atomic E-state index is 0.140. The second-order valence-electron chi connectivity index (χ2n) is 5.61. The SMILES string of the molecule is CCCOc1ccccc1NC(=O)c1ccc(S(=O)(=O)N(C)C)cc1. The van der Waals surface area contributed by atoms with Crippen LogP contribution in [0.25, 0.3) is 0 Å². The Bertz CT molecular complexity index is 830. The van der Waals surface area contributed by atoms with E-state index in [2.05, 4.69) is 5.32 Å². The van der Waals surface area contributed by atoms with Crippen LogP contribution in [0.3, 0.4) is 0 Å². The van der Waals surface area contributed by atoms with E-state index < -0.39 is 10.0 Å². The lowest BCUT2D eigenvalue weighted by atomic mass is 10.2. The van der Waals surface area contributed by atoms with Gasteiger partial charge in [0.05, 0.1) is 17.2 Å². The minimum atomic E-state index is -3.51. The molecule has 1 N–H and O–H groups in total. The summed E-state index contributed by atoms with van der Waals surface area (Å²) in [5.41, 5.74) is 0.939. The van der Waals surface area contributed by atoms with Gasteiger partial charge in [-0.1, -0.05) is 19.1 Å². The predicted octanol–water partition coefficient (Wildman–Crippen LogP) is 2.98. The summed E-state index contributed by atoms with van der Waals surface area (Å²) < 4.78 is 30.9. The molecule has 0 aliphatic carbocycles. The van der Waals surface area contributed by atoms with Gasteiger partial charge in [-0.15, -0.1) is 0 Å². The molecule has 0 saturated carbocycles. The Morgan fingerprint density at radius 1 is 1.08 bits per heavy atom. The molecule has 0 atom stereocenters. The molecule has 0 aromatic heterocycles. The van der Waals surface area contributed by atoms with Crippen LogP contribution in [0.1, 0.15) is 23.7 Å². The van der Waals surface area contributed by atoms with Crippen LogP contribution in [-0.4, -0.2) is 39.3 Å². The van der Waals surface area contributed by atoms with E-state index in [0.717, 1.165) is 10.7 Å². The van der Waals surface area contributed by atoms with E-state index in [1.54, 1.807) is 18.2 Å². The number of sulfonamides is 1. The van der Waals surface area contributed by atoms with E-state index in [4.69, 9.17) is 4.74 Å². The Kier molecular flexibility index (Phi) is 6.17. The third kappa shape index (κ3) is 4.58. The molecule has 7 heteroatoms. The van der Waals surface area contributed by atoms with E-state index in [1.165, 1.54) is 38.4 Å². The van der Waals surface area contributed by atoms with Crippen LogP contribution in [0.5, 0.6) is 5.75 Å². The van der Waals surface area contributed by atoms with Gasteiger partial charge in [-0.05, 0) is 42.8 Å². The first-order valence-corrected chi connectivity index (χ1v) is 9.36. The number of benzene rings is 2. The summed E-state index contributed by atoms with van der Waals surface area (Å²) >= 11 is 0. The molecular formula is C18H22N2O4S. The molecule has 0 fully saturated rings. The molecule has 25 heavy (non-hydrogen) atoms. The molecule has 0 saturated heterocycles. The lowest BCUT2D eigenvalue weighted by Crippen LogP contribution is -2.22. The Balaban J connectivity index is 2.17. The predicted molar refractivity (Wildman–Crippen MR) is 97.5 cm³/mol. The third-order valence-electron chi connectivity index (χ3n) is 3.49. The van der Waals surface area contributed by atoms with Gasteiger partial charge in [-0.2, -0.15) is 0 Å². The zero-order valence-electron chi connectivity index (χ0n) is 14.5. The molecule has 2 rings (SSSR count). The maximum Gasteiger partial charge on any atom is 0.255 e. The molecule has 0 unspecified atom stereocenters. The van der Waals surface area contributed by atoms with Crippen molar-refractivity contribution in [1.82, 2.24) is 4.31 Å². The van der Waals surface area contributed by atoms with Gasteiger partial charge in [-0.25, -0.2) is 12.7 Å². The van der Waals surface area contributed by atoms with Crippen molar-refractivity contribution in [3.63, 3.8) is 0 Å². The third-order valence-corrected chi connectivity index (χ3v) is 5.32. The largest absolute Gasteiger partial charge is 0.491 e. The molecule has 0 aliphatic rings. The normalized spacial score (nSPS) is 11.4. The van der Waals surface area contributed by atoms with Gasteiger partial charge in [0, 0.05) is 19.7 Å². The molecular weight excluding hydrogens is 340 g/mol. The van der Waals surface area contributed by atoms with Gasteiger partial charge in [0.15, 0.2) is 0 Å². The van der Waals surface area contributed by atoms with E-state index in [-0.39, 0.29) is 10.8 Å². The van der Waals surface area contributed by atoms with Gasteiger partial charge < -0.3 is 10.1 Å². The Morgan fingerprint density at radius 3 is 2.32 bits per heavy atom. The first kappa shape index (κ1) is 19.0. The highest BCUT2D eigenvalue weighted by atomic mass is 32.2. The quantitative estimate of drug-likeness (QED) is 0.822. The summed E-state index contributed by atoms with van der Waals surface area (Å²) in [5, 5.41) is 2.79. The summed E-state index contributed by atoms with van der Waals surface area (Å²) in [6, 6.07) is 13.0. The number of anilines is 1. The second-order valence-corrected chi connectivity index (χ2v) is 7.76. The number of amides is 1. The number of carbonyl (C=O) groups excluding carboxylic acids is 1. The lowest BCUT2D eigenvalue weighted by molar-refractivity contribution is 0.102. The Labute approximate surface area is 148 Å². The van der Waals surface area contributed by atoms with Crippen molar-refractivity contribution in [2.45, 2.75) is 18.2 Å². The van der Waals surface area contributed by atoms with Gasteiger partial charge in [-0.3, -0.25) is 4.79 Å². The van der Waals surface area contributed by atoms with E-state index in [0.29, 0.717) is 23.6 Å². The van der Waals surface area contributed by atoms with Crippen molar-refractivity contribution in [3.8, 4) is 5.75 Å². The molecule has 0 spiro atoms. The zero-order chi connectivity index (χ0) is 18.4. The zero-order valence-corrected chi connectivity index (χ0v) is 15.3. The Hall–Kier alpha value is -2.38. The molecule has 0 heterocycles. The molecule has 0 radical (unpaired) electrons. The van der Waals surface area contributed by atoms with Crippen molar-refractivity contribution in [2.24, 2.45) is 0 Å². The molecule has 0 bridgehead atoms. The van der Waals surface area contributed by atoms with Gasteiger partial charge >= 0.3 is 0 Å². The van der Waals surface area contributed by atoms with E-state index in [9.17, 15) is 13.2 Å². The number of hydrogen-bond donors (Lipinski definition) is 1. The highest BCUT2D eigenvalue weighted by Gasteiger charge is 2.17.